The molecule has 0 bridgehead atoms. The van der Waals surface area contributed by atoms with Gasteiger partial charge in [0, 0.05) is 23.8 Å². The van der Waals surface area contributed by atoms with Crippen LogP contribution in [-0.4, -0.2) is 18.0 Å². The van der Waals surface area contributed by atoms with Crippen molar-refractivity contribution in [1.29, 1.82) is 0 Å². The summed E-state index contributed by atoms with van der Waals surface area (Å²) in [5.41, 5.74) is 7.09. The summed E-state index contributed by atoms with van der Waals surface area (Å²) in [7, 11) is 1.58. The lowest BCUT2D eigenvalue weighted by Gasteiger charge is -2.09. The minimum atomic E-state index is -0.303. The standard InChI is InChI=1S/C13H12BrN3O2/c1-19-12-3-2-8(6-10(12)14)17-13(18)9-7-16-5-4-11(9)15/h2-7H,1H3,(H2,15,16)(H,17,18). The van der Waals surface area contributed by atoms with Crippen LogP contribution in [0.25, 0.3) is 0 Å². The number of hydrogen-bond acceptors (Lipinski definition) is 4. The van der Waals surface area contributed by atoms with Crippen molar-refractivity contribution in [1.82, 2.24) is 4.98 Å². The zero-order chi connectivity index (χ0) is 13.8. The van der Waals surface area contributed by atoms with Crippen molar-refractivity contribution in [3.05, 3.63) is 46.7 Å². The van der Waals surface area contributed by atoms with Gasteiger partial charge < -0.3 is 15.8 Å². The van der Waals surface area contributed by atoms with E-state index in [1.54, 1.807) is 31.4 Å². The van der Waals surface area contributed by atoms with Gasteiger partial charge in [0.2, 0.25) is 0 Å². The number of hydrogen-bond donors (Lipinski definition) is 2. The molecule has 1 aromatic heterocycles. The largest absolute Gasteiger partial charge is 0.496 e. The number of methoxy groups -OCH3 is 1. The Morgan fingerprint density at radius 1 is 1.42 bits per heavy atom. The lowest BCUT2D eigenvalue weighted by Crippen LogP contribution is -2.14. The van der Waals surface area contributed by atoms with Crippen molar-refractivity contribution < 1.29 is 9.53 Å². The van der Waals surface area contributed by atoms with E-state index >= 15 is 0 Å². The summed E-state index contributed by atoms with van der Waals surface area (Å²) in [6, 6.07) is 6.84. The number of nitrogens with one attached hydrogen (secondary N) is 1. The number of pyridine rings is 1. The molecule has 3 N–H and O–H groups in total. The fraction of sp³-hybridized carbons (Fsp3) is 0.0769. The maximum absolute atomic E-state index is 12.0. The molecule has 6 heteroatoms. The number of nitrogens with two attached hydrogens (primary N) is 1. The number of aromatic nitrogens is 1. The molecule has 98 valence electrons. The Bertz CT molecular complexity index is 617. The number of anilines is 2. The molecular formula is C13H12BrN3O2. The van der Waals surface area contributed by atoms with Crippen LogP contribution in [0, 0.1) is 0 Å². The normalized spacial score (nSPS) is 10.0. The van der Waals surface area contributed by atoms with Crippen LogP contribution in [0.4, 0.5) is 11.4 Å². The highest BCUT2D eigenvalue weighted by Gasteiger charge is 2.10. The highest BCUT2D eigenvalue weighted by molar-refractivity contribution is 9.10. The van der Waals surface area contributed by atoms with E-state index in [0.29, 0.717) is 22.7 Å². The number of nitrogens with zero attached hydrogens (tertiary/aromatic N) is 1. The van der Waals surface area contributed by atoms with Gasteiger partial charge in [0.15, 0.2) is 0 Å². The van der Waals surface area contributed by atoms with Gasteiger partial charge in [-0.2, -0.15) is 0 Å². The number of rotatable bonds is 3. The van der Waals surface area contributed by atoms with E-state index < -0.39 is 0 Å². The van der Waals surface area contributed by atoms with Crippen molar-refractivity contribution in [2.75, 3.05) is 18.2 Å². The highest BCUT2D eigenvalue weighted by Crippen LogP contribution is 2.28. The van der Waals surface area contributed by atoms with Gasteiger partial charge in [-0.05, 0) is 40.2 Å². The third-order valence-corrected chi connectivity index (χ3v) is 3.13. The maximum Gasteiger partial charge on any atom is 0.259 e. The molecule has 0 spiro atoms. The topological polar surface area (TPSA) is 77.2 Å². The number of carbonyl (C=O) groups is 1. The van der Waals surface area contributed by atoms with Crippen LogP contribution in [0.2, 0.25) is 0 Å². The van der Waals surface area contributed by atoms with Crippen LogP contribution < -0.4 is 15.8 Å². The predicted molar refractivity (Wildman–Crippen MR) is 77.3 cm³/mol. The number of benzene rings is 1. The fourth-order valence-corrected chi connectivity index (χ4v) is 2.08. The molecule has 0 fully saturated rings. The molecule has 19 heavy (non-hydrogen) atoms. The molecule has 1 aromatic carbocycles. The first-order valence-corrected chi connectivity index (χ1v) is 6.25. The molecule has 0 aliphatic heterocycles. The average molecular weight is 322 g/mol. The number of halogens is 1. The first-order valence-electron chi connectivity index (χ1n) is 5.46. The number of ether oxygens (including phenoxy) is 1. The fourth-order valence-electron chi connectivity index (χ4n) is 1.54. The SMILES string of the molecule is COc1ccc(NC(=O)c2cnccc2N)cc1Br. The molecule has 1 amide bonds. The van der Waals surface area contributed by atoms with Crippen LogP contribution in [0.1, 0.15) is 10.4 Å². The van der Waals surface area contributed by atoms with Gasteiger partial charge >= 0.3 is 0 Å². The monoisotopic (exact) mass is 321 g/mol. The summed E-state index contributed by atoms with van der Waals surface area (Å²) in [4.78, 5) is 15.9. The summed E-state index contributed by atoms with van der Waals surface area (Å²) in [6.07, 6.45) is 2.97. The Kier molecular flexibility index (Phi) is 4.01. The van der Waals surface area contributed by atoms with Crippen molar-refractivity contribution >= 4 is 33.2 Å². The van der Waals surface area contributed by atoms with Crippen molar-refractivity contribution in [3.8, 4) is 5.75 Å². The second-order valence-electron chi connectivity index (χ2n) is 3.77. The molecule has 5 nitrogen and oxygen atoms in total. The van der Waals surface area contributed by atoms with Crippen molar-refractivity contribution in [2.45, 2.75) is 0 Å². The van der Waals surface area contributed by atoms with E-state index in [4.69, 9.17) is 10.5 Å². The van der Waals surface area contributed by atoms with E-state index in [0.717, 1.165) is 4.47 Å². The molecule has 0 aliphatic rings. The maximum atomic E-state index is 12.0. The zero-order valence-electron chi connectivity index (χ0n) is 10.2. The number of nitrogen functional groups attached to an aromatic ring is 1. The molecule has 1 heterocycles. The minimum Gasteiger partial charge on any atom is -0.496 e. The Hall–Kier alpha value is -2.08. The van der Waals surface area contributed by atoms with Gasteiger partial charge in [0.1, 0.15) is 5.75 Å². The Morgan fingerprint density at radius 2 is 2.21 bits per heavy atom. The highest BCUT2D eigenvalue weighted by atomic mass is 79.9. The van der Waals surface area contributed by atoms with E-state index in [1.807, 2.05) is 0 Å². The van der Waals surface area contributed by atoms with Crippen LogP contribution in [0.15, 0.2) is 41.1 Å². The van der Waals surface area contributed by atoms with Gasteiger partial charge in [-0.15, -0.1) is 0 Å². The van der Waals surface area contributed by atoms with Gasteiger partial charge in [0.25, 0.3) is 5.91 Å². The zero-order valence-corrected chi connectivity index (χ0v) is 11.8. The first-order chi connectivity index (χ1) is 9.11. The van der Waals surface area contributed by atoms with Crippen molar-refractivity contribution in [2.24, 2.45) is 0 Å². The molecule has 0 saturated carbocycles. The Labute approximate surface area is 118 Å². The predicted octanol–water partition coefficient (Wildman–Crippen LogP) is 2.69. The van der Waals surface area contributed by atoms with E-state index in [2.05, 4.69) is 26.2 Å². The second kappa shape index (κ2) is 5.71. The lowest BCUT2D eigenvalue weighted by molar-refractivity contribution is 0.102. The number of carbonyl (C=O) groups excluding carboxylic acids is 1. The molecule has 2 aromatic rings. The van der Waals surface area contributed by atoms with Crippen LogP contribution >= 0.6 is 15.9 Å². The Balaban J connectivity index is 2.20. The molecule has 0 aliphatic carbocycles. The molecular weight excluding hydrogens is 310 g/mol. The molecule has 0 saturated heterocycles. The van der Waals surface area contributed by atoms with Crippen LogP contribution in [-0.2, 0) is 0 Å². The van der Waals surface area contributed by atoms with E-state index in [1.165, 1.54) is 12.4 Å². The first kappa shape index (κ1) is 13.4. The molecule has 0 atom stereocenters. The van der Waals surface area contributed by atoms with Crippen molar-refractivity contribution in [3.63, 3.8) is 0 Å². The molecule has 2 rings (SSSR count). The minimum absolute atomic E-state index is 0.303. The van der Waals surface area contributed by atoms with E-state index in [9.17, 15) is 4.79 Å². The van der Waals surface area contributed by atoms with Gasteiger partial charge in [-0.25, -0.2) is 0 Å². The van der Waals surface area contributed by atoms with Crippen LogP contribution in [0.5, 0.6) is 5.75 Å². The second-order valence-corrected chi connectivity index (χ2v) is 4.62. The van der Waals surface area contributed by atoms with Gasteiger partial charge in [-0.1, -0.05) is 0 Å². The quantitative estimate of drug-likeness (QED) is 0.911. The smallest absolute Gasteiger partial charge is 0.259 e. The van der Waals surface area contributed by atoms with Gasteiger partial charge in [-0.3, -0.25) is 9.78 Å². The summed E-state index contributed by atoms with van der Waals surface area (Å²) >= 11 is 3.35. The third kappa shape index (κ3) is 3.03. The summed E-state index contributed by atoms with van der Waals surface area (Å²) in [5.74, 6) is 0.390. The molecule has 0 unspecified atom stereocenters. The van der Waals surface area contributed by atoms with E-state index in [-0.39, 0.29) is 5.91 Å². The third-order valence-electron chi connectivity index (χ3n) is 2.51. The lowest BCUT2D eigenvalue weighted by atomic mass is 10.2. The van der Waals surface area contributed by atoms with Gasteiger partial charge in [0.05, 0.1) is 17.1 Å². The average Bonchev–Trinajstić information content (AvgIpc) is 2.39. The number of amides is 1. The summed E-state index contributed by atoms with van der Waals surface area (Å²) in [5, 5.41) is 2.75. The summed E-state index contributed by atoms with van der Waals surface area (Å²) in [6.45, 7) is 0. The summed E-state index contributed by atoms with van der Waals surface area (Å²) < 4.78 is 5.88. The van der Waals surface area contributed by atoms with Crippen LogP contribution in [0.3, 0.4) is 0 Å². The Morgan fingerprint density at radius 3 is 2.84 bits per heavy atom. The molecule has 0 radical (unpaired) electrons.